The molecule has 0 aliphatic rings. The summed E-state index contributed by atoms with van der Waals surface area (Å²) < 4.78 is 23.7. The summed E-state index contributed by atoms with van der Waals surface area (Å²) in [4.78, 5) is 47.5. The van der Waals surface area contributed by atoms with E-state index >= 15 is 0 Å². The topological polar surface area (TPSA) is 215 Å². The van der Waals surface area contributed by atoms with Gasteiger partial charge in [-0.3, -0.25) is 14.2 Å². The van der Waals surface area contributed by atoms with Crippen LogP contribution in [0.15, 0.2) is 0 Å². The second-order valence-corrected chi connectivity index (χ2v) is 15.0. The molecule has 0 aromatic carbocycles. The van der Waals surface area contributed by atoms with Crippen molar-refractivity contribution in [2.45, 2.75) is 194 Å². The van der Waals surface area contributed by atoms with Gasteiger partial charge in [0.1, 0.15) is 0 Å². The molecule has 0 amide bonds. The van der Waals surface area contributed by atoms with Crippen molar-refractivity contribution in [1.29, 1.82) is 0 Å². The molecule has 52 heavy (non-hydrogen) atoms. The molecule has 0 heterocycles. The molecule has 0 bridgehead atoms. The van der Waals surface area contributed by atoms with Crippen LogP contribution in [0.3, 0.4) is 0 Å². The van der Waals surface area contributed by atoms with E-state index in [9.17, 15) is 4.57 Å². The first-order chi connectivity index (χ1) is 24.4. The van der Waals surface area contributed by atoms with Crippen LogP contribution in [0, 0.1) is 6.92 Å². The molecular formula is C36H82KNO12P2. The molecule has 0 fully saturated rings. The second-order valence-electron chi connectivity index (χ2n) is 12.8. The van der Waals surface area contributed by atoms with Gasteiger partial charge in [-0.05, 0) is 6.42 Å². The fourth-order valence-electron chi connectivity index (χ4n) is 4.89. The number of hydrogen-bond acceptors (Lipinski definition) is 8. The van der Waals surface area contributed by atoms with Gasteiger partial charge in [0.05, 0.1) is 33.0 Å². The molecule has 0 saturated heterocycles. The maximum Gasteiger partial charge on any atom is 1.00 e. The molecule has 0 spiro atoms. The largest absolute Gasteiger partial charge is 1.00 e. The predicted octanol–water partition coefficient (Wildman–Crippen LogP) is 6.38. The van der Waals surface area contributed by atoms with E-state index in [4.69, 9.17) is 39.2 Å². The van der Waals surface area contributed by atoms with Crippen molar-refractivity contribution in [3.63, 3.8) is 0 Å². The van der Waals surface area contributed by atoms with E-state index in [1.54, 1.807) is 0 Å². The fraction of sp³-hybridized carbons (Fsp3) is 0.972. The van der Waals surface area contributed by atoms with Crippen LogP contribution < -0.4 is 57.0 Å². The zero-order chi connectivity index (χ0) is 39.2. The summed E-state index contributed by atoms with van der Waals surface area (Å²) in [5, 5.41) is 16.3. The number of nitrogens with one attached hydrogen (secondary N) is 1. The molecular weight excluding hydrogens is 739 g/mol. The SMILES string of the molecule is CCCCCCCCCCCCCCCCOP(=O)(O)O.O=P(O)(O)O.OCCONOCCO.[CH2-]CCCCCCCCCCCCCCC.[K+]. The third kappa shape index (κ3) is 88.7. The summed E-state index contributed by atoms with van der Waals surface area (Å²) in [5.74, 6) is 0. The van der Waals surface area contributed by atoms with E-state index in [0.29, 0.717) is 0 Å². The van der Waals surface area contributed by atoms with Gasteiger partial charge in [-0.1, -0.05) is 186 Å². The van der Waals surface area contributed by atoms with Crippen LogP contribution in [0.5, 0.6) is 0 Å². The Balaban J connectivity index is -0.000000209. The van der Waals surface area contributed by atoms with Gasteiger partial charge in [0.25, 0.3) is 0 Å². The van der Waals surface area contributed by atoms with Crippen LogP contribution in [0.25, 0.3) is 0 Å². The third-order valence-corrected chi connectivity index (χ3v) is 8.13. The summed E-state index contributed by atoms with van der Waals surface area (Å²) in [6.07, 6.45) is 37.6. The zero-order valence-electron chi connectivity index (χ0n) is 33.6. The van der Waals surface area contributed by atoms with Gasteiger partial charge < -0.3 is 41.6 Å². The maximum atomic E-state index is 10.4. The molecule has 0 unspecified atom stereocenters. The Morgan fingerprint density at radius 3 is 0.942 bits per heavy atom. The van der Waals surface area contributed by atoms with E-state index in [1.165, 1.54) is 154 Å². The minimum atomic E-state index is -4.64. The third-order valence-electron chi connectivity index (χ3n) is 7.62. The number of phosphoric acid groups is 2. The second kappa shape index (κ2) is 54.8. The molecule has 16 heteroatoms. The Bertz CT molecular complexity index is 678. The Morgan fingerprint density at radius 1 is 0.462 bits per heavy atom. The van der Waals surface area contributed by atoms with Gasteiger partial charge in [0.2, 0.25) is 0 Å². The summed E-state index contributed by atoms with van der Waals surface area (Å²) in [7, 11) is -8.89. The first-order valence-electron chi connectivity index (χ1n) is 19.9. The summed E-state index contributed by atoms with van der Waals surface area (Å²) in [6, 6.07) is 0. The van der Waals surface area contributed by atoms with Gasteiger partial charge in [-0.2, -0.15) is 6.42 Å². The van der Waals surface area contributed by atoms with E-state index in [0.717, 1.165) is 25.7 Å². The Morgan fingerprint density at radius 2 is 0.712 bits per heavy atom. The number of unbranched alkanes of at least 4 members (excludes halogenated alkanes) is 26. The van der Waals surface area contributed by atoms with E-state index in [1.807, 2.05) is 0 Å². The monoisotopic (exact) mass is 821 g/mol. The number of hydrogen-bond donors (Lipinski definition) is 8. The van der Waals surface area contributed by atoms with Gasteiger partial charge in [0, 0.05) is 0 Å². The van der Waals surface area contributed by atoms with Crippen molar-refractivity contribution >= 4 is 15.6 Å². The average Bonchev–Trinajstić information content (AvgIpc) is 3.06. The Hall–Kier alpha value is 1.66. The summed E-state index contributed by atoms with van der Waals surface area (Å²) in [5.41, 5.74) is 2.07. The number of phosphoric ester groups is 1. The molecule has 0 radical (unpaired) electrons. The molecule has 0 aliphatic heterocycles. The van der Waals surface area contributed by atoms with Crippen LogP contribution in [0.2, 0.25) is 0 Å². The van der Waals surface area contributed by atoms with E-state index < -0.39 is 15.6 Å². The maximum absolute atomic E-state index is 10.4. The molecule has 0 atom stereocenters. The first kappa shape index (κ1) is 62.8. The minimum Gasteiger partial charge on any atom is -0.394 e. The van der Waals surface area contributed by atoms with Crippen molar-refractivity contribution in [2.75, 3.05) is 33.0 Å². The fourth-order valence-corrected chi connectivity index (χ4v) is 5.26. The Labute approximate surface area is 361 Å². The van der Waals surface area contributed by atoms with Crippen molar-refractivity contribution in [2.24, 2.45) is 0 Å². The van der Waals surface area contributed by atoms with Crippen molar-refractivity contribution < 1.29 is 109 Å². The molecule has 0 aromatic rings. The first-order valence-corrected chi connectivity index (χ1v) is 23.0. The van der Waals surface area contributed by atoms with Gasteiger partial charge in [0.15, 0.2) is 0 Å². The summed E-state index contributed by atoms with van der Waals surface area (Å²) >= 11 is 0. The van der Waals surface area contributed by atoms with Gasteiger partial charge >= 0.3 is 67.0 Å². The molecule has 0 aromatic heterocycles. The van der Waals surface area contributed by atoms with Crippen molar-refractivity contribution in [1.82, 2.24) is 5.64 Å². The number of rotatable bonds is 35. The normalized spacial score (nSPS) is 11.0. The Kier molecular flexibility index (Phi) is 66.2. The average molecular weight is 822 g/mol. The molecule has 314 valence electrons. The van der Waals surface area contributed by atoms with Crippen LogP contribution in [-0.2, 0) is 23.3 Å². The van der Waals surface area contributed by atoms with E-state index in [-0.39, 0.29) is 84.4 Å². The van der Waals surface area contributed by atoms with Crippen molar-refractivity contribution in [3.8, 4) is 0 Å². The number of aliphatic hydroxyl groups excluding tert-OH is 2. The van der Waals surface area contributed by atoms with E-state index in [2.05, 4.69) is 40.6 Å². The molecule has 0 saturated carbocycles. The standard InChI is InChI=1S/C16H35O4P.C16H33.C4H11NO4.K.H3O4P/c1-2-3-4-5-6-7-8-9-10-11-12-13-14-15-16-20-21(17,18)19;1-3-5-7-9-11-13-15-16-14-12-10-8-6-4-2;6-1-3-8-5-9-4-2-7;;1-5(2,3)4/h2-16H2,1H3,(H2,17,18,19);1,3-16H2,2H3;5-7H,1-4H2;;(H3,1,2,3,4)/q;-1;;+1;. The van der Waals surface area contributed by atoms with Crippen molar-refractivity contribution in [3.05, 3.63) is 6.92 Å². The van der Waals surface area contributed by atoms with Crippen LogP contribution in [0.4, 0.5) is 0 Å². The van der Waals surface area contributed by atoms with Gasteiger partial charge in [-0.15, -0.1) is 0 Å². The van der Waals surface area contributed by atoms with Crippen LogP contribution in [-0.4, -0.2) is 67.7 Å². The molecule has 0 aliphatic carbocycles. The number of aliphatic hydroxyl groups is 2. The quantitative estimate of drug-likeness (QED) is 0.0115. The molecule has 13 nitrogen and oxygen atoms in total. The summed E-state index contributed by atoms with van der Waals surface area (Å²) in [6.45, 7) is 8.81. The molecule has 0 rings (SSSR count). The minimum absolute atomic E-state index is 0. The zero-order valence-corrected chi connectivity index (χ0v) is 38.5. The van der Waals surface area contributed by atoms with Crippen LogP contribution in [0.1, 0.15) is 194 Å². The van der Waals surface area contributed by atoms with Crippen LogP contribution >= 0.6 is 15.6 Å². The molecule has 8 N–H and O–H groups in total. The predicted molar refractivity (Wildman–Crippen MR) is 207 cm³/mol. The smallest absolute Gasteiger partial charge is 0.394 e. The van der Waals surface area contributed by atoms with Gasteiger partial charge in [-0.25, -0.2) is 9.13 Å².